The summed E-state index contributed by atoms with van der Waals surface area (Å²) in [5.41, 5.74) is 9.57. The lowest BCUT2D eigenvalue weighted by Gasteiger charge is -2.39. The fraction of sp³-hybridized carbons (Fsp3) is 0.684. The molecule has 0 aromatic rings. The third-order valence-corrected chi connectivity index (χ3v) is 6.12. The van der Waals surface area contributed by atoms with Gasteiger partial charge in [0.2, 0.25) is 0 Å². The van der Waals surface area contributed by atoms with Crippen LogP contribution >= 0.6 is 0 Å². The first-order valence-corrected chi connectivity index (χ1v) is 8.81. The predicted molar refractivity (Wildman–Crippen MR) is 87.2 cm³/mol. The van der Waals surface area contributed by atoms with Crippen molar-refractivity contribution in [1.82, 2.24) is 0 Å². The lowest BCUT2D eigenvalue weighted by atomic mass is 9.68. The highest BCUT2D eigenvalue weighted by atomic mass is 14.8. The van der Waals surface area contributed by atoms with Gasteiger partial charge in [-0.2, -0.15) is 0 Å². The van der Waals surface area contributed by atoms with Gasteiger partial charge in [-0.25, -0.2) is 0 Å². The zero-order chi connectivity index (χ0) is 14.0. The lowest BCUT2D eigenvalue weighted by molar-refractivity contribution is 0.407. The van der Waals surface area contributed by atoms with Crippen molar-refractivity contribution < 1.29 is 0 Å². The molecule has 0 N–H and O–H groups in total. The molecule has 2 fully saturated rings. The fourth-order valence-electron chi connectivity index (χ4n) is 5.01. The monoisotopic (exact) mass is 280 g/mol. The van der Waals surface area contributed by atoms with Gasteiger partial charge < -0.3 is 0 Å². The molecule has 0 radical (unpaired) electrons. The van der Waals surface area contributed by atoms with E-state index in [1.807, 2.05) is 0 Å². The summed E-state index contributed by atoms with van der Waals surface area (Å²) in [4.78, 5) is 9.94. The van der Waals surface area contributed by atoms with Gasteiger partial charge >= 0.3 is 0 Å². The van der Waals surface area contributed by atoms with Crippen LogP contribution in [0, 0.1) is 11.8 Å². The van der Waals surface area contributed by atoms with E-state index in [1.54, 1.807) is 22.3 Å². The van der Waals surface area contributed by atoms with Crippen LogP contribution in [-0.4, -0.2) is 24.0 Å². The van der Waals surface area contributed by atoms with Gasteiger partial charge in [0.05, 0.1) is 12.6 Å². The summed E-state index contributed by atoms with van der Waals surface area (Å²) in [5.74, 6) is 1.70. The second-order valence-corrected chi connectivity index (χ2v) is 7.70. The molecule has 2 nitrogen and oxygen atoms in total. The van der Waals surface area contributed by atoms with Crippen molar-refractivity contribution in [2.45, 2.75) is 64.3 Å². The Morgan fingerprint density at radius 2 is 2.10 bits per heavy atom. The number of aliphatic imine (C=N–C) groups is 2. The minimum atomic E-state index is 0.578. The molecular weight excluding hydrogens is 256 g/mol. The minimum absolute atomic E-state index is 0.578. The van der Waals surface area contributed by atoms with Crippen molar-refractivity contribution in [2.75, 3.05) is 6.54 Å². The molecule has 0 amide bonds. The Labute approximate surface area is 127 Å². The van der Waals surface area contributed by atoms with E-state index in [0.29, 0.717) is 6.04 Å². The van der Waals surface area contributed by atoms with Gasteiger partial charge in [0, 0.05) is 23.8 Å². The molecule has 3 aliphatic carbocycles. The van der Waals surface area contributed by atoms with Crippen LogP contribution in [0.5, 0.6) is 0 Å². The smallest absolute Gasteiger partial charge is 0.0612 e. The number of allylic oxidation sites excluding steroid dienone is 2. The molecule has 2 unspecified atom stereocenters. The predicted octanol–water partition coefficient (Wildman–Crippen LogP) is 4.27. The van der Waals surface area contributed by atoms with Crippen LogP contribution in [0.1, 0.15) is 58.3 Å². The van der Waals surface area contributed by atoms with E-state index in [2.05, 4.69) is 6.92 Å². The van der Waals surface area contributed by atoms with Gasteiger partial charge in [0.15, 0.2) is 0 Å². The lowest BCUT2D eigenvalue weighted by Crippen LogP contribution is -2.33. The van der Waals surface area contributed by atoms with Crippen LogP contribution < -0.4 is 0 Å². The molecule has 0 aromatic carbocycles. The Balaban J connectivity index is 1.57. The van der Waals surface area contributed by atoms with Crippen LogP contribution in [0.25, 0.3) is 0 Å². The van der Waals surface area contributed by atoms with E-state index in [9.17, 15) is 0 Å². The first-order chi connectivity index (χ1) is 10.3. The minimum Gasteiger partial charge on any atom is -0.290 e. The normalized spacial score (nSPS) is 34.5. The molecule has 21 heavy (non-hydrogen) atoms. The Bertz CT molecular complexity index is 628. The first-order valence-electron chi connectivity index (χ1n) is 8.81. The van der Waals surface area contributed by atoms with Crippen LogP contribution in [-0.2, 0) is 0 Å². The molecule has 110 valence electrons. The summed E-state index contributed by atoms with van der Waals surface area (Å²) in [5, 5.41) is 0. The van der Waals surface area contributed by atoms with Crippen LogP contribution in [0.4, 0.5) is 0 Å². The van der Waals surface area contributed by atoms with Gasteiger partial charge in [-0.05, 0) is 61.7 Å². The number of hydrogen-bond acceptors (Lipinski definition) is 2. The summed E-state index contributed by atoms with van der Waals surface area (Å²) >= 11 is 0. The van der Waals surface area contributed by atoms with E-state index in [0.717, 1.165) is 24.8 Å². The molecule has 2 heteroatoms. The Morgan fingerprint density at radius 3 is 2.95 bits per heavy atom. The standard InChI is InChI=1S/C19H24N2/c1-11-7-15-14-3-2-4-17-19(14)13(10-20-17)9-16(15)18(21-11)8-12-5-6-12/h12,16,18H,2-10H2,1H3. The largest absolute Gasteiger partial charge is 0.290 e. The van der Waals surface area contributed by atoms with Crippen molar-refractivity contribution in [3.05, 3.63) is 22.3 Å². The molecule has 0 aromatic heterocycles. The topological polar surface area (TPSA) is 24.7 Å². The maximum Gasteiger partial charge on any atom is 0.0612 e. The first kappa shape index (κ1) is 12.4. The van der Waals surface area contributed by atoms with Crippen LogP contribution in [0.2, 0.25) is 0 Å². The summed E-state index contributed by atoms with van der Waals surface area (Å²) < 4.78 is 0. The van der Waals surface area contributed by atoms with E-state index in [-0.39, 0.29) is 0 Å². The zero-order valence-corrected chi connectivity index (χ0v) is 13.0. The SMILES string of the molecule is CC1=NC(CC2CC2)C2CC3=C4C(=NC3)CCCC4=C2C1. The van der Waals surface area contributed by atoms with Gasteiger partial charge in [-0.1, -0.05) is 18.4 Å². The van der Waals surface area contributed by atoms with E-state index >= 15 is 0 Å². The van der Waals surface area contributed by atoms with E-state index in [1.165, 1.54) is 56.4 Å². The third-order valence-electron chi connectivity index (χ3n) is 6.12. The van der Waals surface area contributed by atoms with Crippen molar-refractivity contribution in [3.8, 4) is 0 Å². The van der Waals surface area contributed by atoms with Gasteiger partial charge in [0.25, 0.3) is 0 Å². The van der Waals surface area contributed by atoms with Crippen LogP contribution in [0.15, 0.2) is 32.3 Å². The Hall–Kier alpha value is -1.18. The molecule has 5 aliphatic rings. The summed E-state index contributed by atoms with van der Waals surface area (Å²) in [6, 6.07) is 0.578. The average molecular weight is 280 g/mol. The second kappa shape index (κ2) is 4.41. The van der Waals surface area contributed by atoms with Gasteiger partial charge in [0.1, 0.15) is 0 Å². The maximum absolute atomic E-state index is 5.09. The van der Waals surface area contributed by atoms with Crippen molar-refractivity contribution in [3.63, 3.8) is 0 Å². The molecule has 2 heterocycles. The number of rotatable bonds is 2. The number of fused-ring (bicyclic) bond motifs is 1. The van der Waals surface area contributed by atoms with E-state index < -0.39 is 0 Å². The van der Waals surface area contributed by atoms with Crippen molar-refractivity contribution in [2.24, 2.45) is 21.8 Å². The third kappa shape index (κ3) is 1.91. The molecule has 5 rings (SSSR count). The Kier molecular flexibility index (Phi) is 2.60. The number of hydrogen-bond donors (Lipinski definition) is 0. The van der Waals surface area contributed by atoms with Crippen molar-refractivity contribution in [1.29, 1.82) is 0 Å². The number of nitrogens with zero attached hydrogens (tertiary/aromatic N) is 2. The van der Waals surface area contributed by atoms with Crippen LogP contribution in [0.3, 0.4) is 0 Å². The summed E-state index contributed by atoms with van der Waals surface area (Å²) in [7, 11) is 0. The second-order valence-electron chi connectivity index (χ2n) is 7.70. The highest BCUT2D eigenvalue weighted by Crippen LogP contribution is 2.49. The summed E-state index contributed by atoms with van der Waals surface area (Å²) in [6.07, 6.45) is 10.5. The molecule has 2 saturated carbocycles. The van der Waals surface area contributed by atoms with Gasteiger partial charge in [-0.3, -0.25) is 9.98 Å². The van der Waals surface area contributed by atoms with Crippen molar-refractivity contribution >= 4 is 11.4 Å². The van der Waals surface area contributed by atoms with Gasteiger partial charge in [-0.15, -0.1) is 0 Å². The molecule has 2 aliphatic heterocycles. The summed E-state index contributed by atoms with van der Waals surface area (Å²) in [6.45, 7) is 3.25. The highest BCUT2D eigenvalue weighted by molar-refractivity contribution is 6.08. The maximum atomic E-state index is 5.09. The highest BCUT2D eigenvalue weighted by Gasteiger charge is 2.41. The molecule has 2 atom stereocenters. The quantitative estimate of drug-likeness (QED) is 0.721. The average Bonchev–Trinajstić information content (AvgIpc) is 3.20. The van der Waals surface area contributed by atoms with E-state index in [4.69, 9.17) is 9.98 Å². The molecule has 0 saturated heterocycles. The molecular formula is C19H24N2. The zero-order valence-electron chi connectivity index (χ0n) is 13.0. The fourth-order valence-corrected chi connectivity index (χ4v) is 5.01. The molecule has 0 spiro atoms. The molecule has 0 bridgehead atoms. The Morgan fingerprint density at radius 1 is 1.19 bits per heavy atom.